The van der Waals surface area contributed by atoms with Crippen LogP contribution in [0.1, 0.15) is 56.2 Å². The molecule has 0 atom stereocenters. The van der Waals surface area contributed by atoms with Gasteiger partial charge >= 0.3 is 0 Å². The minimum atomic E-state index is -0.166. The normalized spacial score (nSPS) is 16.6. The summed E-state index contributed by atoms with van der Waals surface area (Å²) in [6.07, 6.45) is 4.83. The first kappa shape index (κ1) is 25.8. The Bertz CT molecular complexity index is 1270. The van der Waals surface area contributed by atoms with Crippen molar-refractivity contribution in [3.05, 3.63) is 65.1 Å². The molecule has 3 heterocycles. The third kappa shape index (κ3) is 6.18. The molecule has 1 aromatic heterocycles. The van der Waals surface area contributed by atoms with E-state index < -0.39 is 0 Å². The number of likely N-dealkylation sites (tertiary alicyclic amines) is 1. The molecule has 0 saturated carbocycles. The van der Waals surface area contributed by atoms with Crippen molar-refractivity contribution in [2.24, 2.45) is 0 Å². The molecule has 0 spiro atoms. The standard InChI is InChI=1S/C29H37FN6S/c1-19-18-31-28(33-22-8-9-24(25(30)16-22)20-10-13-35(5)14-11-20)34-27(19)32-23-7-6-21-12-15-36(26(21)17-23)37-29(2,3)4/h6-9,16-18,20H,10-15H2,1-5H3,(H2,31,32,33,34). The molecule has 0 amide bonds. The summed E-state index contributed by atoms with van der Waals surface area (Å²) in [5.41, 5.74) is 6.01. The van der Waals surface area contributed by atoms with Crippen LogP contribution in [0.5, 0.6) is 0 Å². The third-order valence-electron chi connectivity index (χ3n) is 6.97. The number of hydrogen-bond acceptors (Lipinski definition) is 7. The Hall–Kier alpha value is -2.84. The minimum Gasteiger partial charge on any atom is -0.340 e. The van der Waals surface area contributed by atoms with E-state index >= 15 is 0 Å². The maximum absolute atomic E-state index is 15.0. The highest BCUT2D eigenvalue weighted by molar-refractivity contribution is 8.01. The van der Waals surface area contributed by atoms with Crippen molar-refractivity contribution in [1.82, 2.24) is 14.9 Å². The Morgan fingerprint density at radius 2 is 1.73 bits per heavy atom. The number of benzene rings is 2. The van der Waals surface area contributed by atoms with Gasteiger partial charge in [0.2, 0.25) is 5.95 Å². The van der Waals surface area contributed by atoms with Crippen LogP contribution in [-0.2, 0) is 6.42 Å². The zero-order valence-electron chi connectivity index (χ0n) is 22.4. The predicted octanol–water partition coefficient (Wildman–Crippen LogP) is 7.03. The van der Waals surface area contributed by atoms with E-state index in [0.717, 1.165) is 61.5 Å². The van der Waals surface area contributed by atoms with Gasteiger partial charge in [-0.2, -0.15) is 4.98 Å². The zero-order valence-corrected chi connectivity index (χ0v) is 23.3. The summed E-state index contributed by atoms with van der Waals surface area (Å²) >= 11 is 1.88. The number of fused-ring (bicyclic) bond motifs is 1. The number of piperidine rings is 1. The molecule has 0 aliphatic carbocycles. The lowest BCUT2D eigenvalue weighted by Crippen LogP contribution is -2.29. The molecule has 0 radical (unpaired) electrons. The van der Waals surface area contributed by atoms with Gasteiger partial charge in [-0.05, 0) is 120 Å². The van der Waals surface area contributed by atoms with Gasteiger partial charge in [0.05, 0.1) is 5.69 Å². The molecule has 2 aliphatic rings. The average molecular weight is 521 g/mol. The smallest absolute Gasteiger partial charge is 0.229 e. The number of rotatable bonds is 6. The second-order valence-electron chi connectivity index (χ2n) is 11.2. The second kappa shape index (κ2) is 10.5. The van der Waals surface area contributed by atoms with Crippen LogP contribution in [0.15, 0.2) is 42.6 Å². The van der Waals surface area contributed by atoms with E-state index in [1.807, 2.05) is 31.0 Å². The minimum absolute atomic E-state index is 0.152. The van der Waals surface area contributed by atoms with E-state index in [4.69, 9.17) is 4.98 Å². The summed E-state index contributed by atoms with van der Waals surface area (Å²) in [5, 5.41) is 6.66. The predicted molar refractivity (Wildman–Crippen MR) is 154 cm³/mol. The molecule has 1 fully saturated rings. The van der Waals surface area contributed by atoms with Crippen LogP contribution >= 0.6 is 11.9 Å². The molecule has 196 valence electrons. The lowest BCUT2D eigenvalue weighted by Gasteiger charge is -2.29. The van der Waals surface area contributed by atoms with Crippen molar-refractivity contribution in [2.45, 2.75) is 57.6 Å². The number of halogens is 1. The lowest BCUT2D eigenvalue weighted by atomic mass is 9.89. The van der Waals surface area contributed by atoms with Crippen molar-refractivity contribution in [3.63, 3.8) is 0 Å². The van der Waals surface area contributed by atoms with Crippen LogP contribution in [0.3, 0.4) is 0 Å². The van der Waals surface area contributed by atoms with Gasteiger partial charge in [-0.1, -0.05) is 12.1 Å². The largest absolute Gasteiger partial charge is 0.340 e. The van der Waals surface area contributed by atoms with E-state index in [1.54, 1.807) is 12.3 Å². The summed E-state index contributed by atoms with van der Waals surface area (Å²) in [6.45, 7) is 11.7. The number of hydrogen-bond donors (Lipinski definition) is 2. The first-order valence-electron chi connectivity index (χ1n) is 13.1. The van der Waals surface area contributed by atoms with Gasteiger partial charge in [-0.3, -0.25) is 0 Å². The van der Waals surface area contributed by atoms with Gasteiger partial charge in [0.1, 0.15) is 11.6 Å². The van der Waals surface area contributed by atoms with Crippen molar-refractivity contribution in [2.75, 3.05) is 41.6 Å². The third-order valence-corrected chi connectivity index (χ3v) is 8.12. The summed E-state index contributed by atoms with van der Waals surface area (Å²) in [6, 6.07) is 11.9. The lowest BCUT2D eigenvalue weighted by molar-refractivity contribution is 0.253. The molecular formula is C29H37FN6S. The van der Waals surface area contributed by atoms with Gasteiger partial charge in [0.25, 0.3) is 0 Å². The fraction of sp³-hybridized carbons (Fsp3) is 0.448. The van der Waals surface area contributed by atoms with Crippen LogP contribution in [0.25, 0.3) is 0 Å². The highest BCUT2D eigenvalue weighted by atomic mass is 32.2. The van der Waals surface area contributed by atoms with Crippen LogP contribution in [0.4, 0.5) is 33.2 Å². The monoisotopic (exact) mass is 520 g/mol. The van der Waals surface area contributed by atoms with Crippen LogP contribution < -0.4 is 14.9 Å². The number of aromatic nitrogens is 2. The second-order valence-corrected chi connectivity index (χ2v) is 13.0. The van der Waals surface area contributed by atoms with Crippen LogP contribution in [0.2, 0.25) is 0 Å². The maximum atomic E-state index is 15.0. The maximum Gasteiger partial charge on any atom is 0.229 e. The number of nitrogens with one attached hydrogen (secondary N) is 2. The van der Waals surface area contributed by atoms with Crippen molar-refractivity contribution in [1.29, 1.82) is 0 Å². The van der Waals surface area contributed by atoms with E-state index in [0.29, 0.717) is 11.6 Å². The molecule has 5 rings (SSSR count). The van der Waals surface area contributed by atoms with Crippen LogP contribution in [0, 0.1) is 12.7 Å². The summed E-state index contributed by atoms with van der Waals surface area (Å²) in [7, 11) is 2.12. The van der Waals surface area contributed by atoms with E-state index in [-0.39, 0.29) is 16.5 Å². The molecule has 2 N–H and O–H groups in total. The topological polar surface area (TPSA) is 56.3 Å². The van der Waals surface area contributed by atoms with Gasteiger partial charge in [-0.15, -0.1) is 0 Å². The summed E-state index contributed by atoms with van der Waals surface area (Å²) in [5.74, 6) is 1.28. The van der Waals surface area contributed by atoms with Gasteiger partial charge in [0.15, 0.2) is 0 Å². The van der Waals surface area contributed by atoms with Gasteiger partial charge < -0.3 is 19.8 Å². The molecule has 1 saturated heterocycles. The van der Waals surface area contributed by atoms with Crippen molar-refractivity contribution < 1.29 is 4.39 Å². The first-order valence-corrected chi connectivity index (χ1v) is 13.9. The molecule has 8 heteroatoms. The Morgan fingerprint density at radius 3 is 2.46 bits per heavy atom. The fourth-order valence-electron chi connectivity index (χ4n) is 5.00. The highest BCUT2D eigenvalue weighted by Gasteiger charge is 2.25. The van der Waals surface area contributed by atoms with E-state index in [1.165, 1.54) is 11.3 Å². The molecule has 6 nitrogen and oxygen atoms in total. The molecule has 0 unspecified atom stereocenters. The molecular weight excluding hydrogens is 483 g/mol. The molecule has 2 aliphatic heterocycles. The average Bonchev–Trinajstić information content (AvgIpc) is 3.22. The van der Waals surface area contributed by atoms with E-state index in [9.17, 15) is 4.39 Å². The molecule has 37 heavy (non-hydrogen) atoms. The molecule has 0 bridgehead atoms. The quantitative estimate of drug-likeness (QED) is 0.338. The van der Waals surface area contributed by atoms with Gasteiger partial charge in [0, 0.05) is 34.4 Å². The fourth-order valence-corrected chi connectivity index (χ4v) is 6.12. The summed E-state index contributed by atoms with van der Waals surface area (Å²) in [4.78, 5) is 11.4. The summed E-state index contributed by atoms with van der Waals surface area (Å²) < 4.78 is 17.5. The van der Waals surface area contributed by atoms with Crippen molar-refractivity contribution in [3.8, 4) is 0 Å². The van der Waals surface area contributed by atoms with Gasteiger partial charge in [-0.25, -0.2) is 9.37 Å². The van der Waals surface area contributed by atoms with Crippen LogP contribution in [-0.4, -0.2) is 46.3 Å². The number of anilines is 5. The van der Waals surface area contributed by atoms with Crippen molar-refractivity contribution >= 4 is 40.8 Å². The Labute approximate surface area is 224 Å². The highest BCUT2D eigenvalue weighted by Crippen LogP contribution is 2.40. The molecule has 2 aromatic carbocycles. The number of nitrogens with zero attached hydrogens (tertiary/aromatic N) is 4. The number of aryl methyl sites for hydroxylation is 1. The Balaban J connectivity index is 1.30. The van der Waals surface area contributed by atoms with E-state index in [2.05, 4.69) is 70.8 Å². The molecule has 3 aromatic rings. The Morgan fingerprint density at radius 1 is 1.00 bits per heavy atom. The SMILES string of the molecule is Cc1cnc(Nc2ccc(C3CCN(C)CC3)c(F)c2)nc1Nc1ccc2c(c1)N(SC(C)(C)C)CC2. The zero-order chi connectivity index (χ0) is 26.2. The first-order chi connectivity index (χ1) is 17.6. The Kier molecular flexibility index (Phi) is 7.32.